The molecule has 4 heteroatoms. The molecule has 1 aliphatic rings. The standard InChI is InChI=1S/C14H15N3O/c1-9(2)13-16-11-4-3-10(5-12(11)17-13)14(6-15)7-18-8-14/h3-5,9H,7-8H2,1-2H3,(H,16,17). The fourth-order valence-corrected chi connectivity index (χ4v) is 2.20. The first-order valence-electron chi connectivity index (χ1n) is 6.14. The van der Waals surface area contributed by atoms with Crippen LogP contribution in [0.4, 0.5) is 0 Å². The highest BCUT2D eigenvalue weighted by atomic mass is 16.5. The van der Waals surface area contributed by atoms with Crippen LogP contribution in [0.3, 0.4) is 0 Å². The topological polar surface area (TPSA) is 61.7 Å². The lowest BCUT2D eigenvalue weighted by atomic mass is 9.80. The van der Waals surface area contributed by atoms with Crippen LogP contribution in [0.25, 0.3) is 11.0 Å². The van der Waals surface area contributed by atoms with Gasteiger partial charge in [0.15, 0.2) is 0 Å². The second-order valence-corrected chi connectivity index (χ2v) is 5.20. The Labute approximate surface area is 106 Å². The SMILES string of the molecule is CC(C)c1nc2ccc(C3(C#N)COC3)cc2[nH]1. The first-order chi connectivity index (χ1) is 8.64. The van der Waals surface area contributed by atoms with Gasteiger partial charge in [0.05, 0.1) is 30.3 Å². The van der Waals surface area contributed by atoms with Crippen molar-refractivity contribution < 1.29 is 4.74 Å². The number of imidazole rings is 1. The highest BCUT2D eigenvalue weighted by Crippen LogP contribution is 2.33. The number of benzene rings is 1. The van der Waals surface area contributed by atoms with Crippen LogP contribution in [0.2, 0.25) is 0 Å². The minimum absolute atomic E-state index is 0.373. The third-order valence-corrected chi connectivity index (χ3v) is 3.51. The Morgan fingerprint density at radius 1 is 1.44 bits per heavy atom. The molecule has 0 radical (unpaired) electrons. The quantitative estimate of drug-likeness (QED) is 0.878. The largest absolute Gasteiger partial charge is 0.377 e. The van der Waals surface area contributed by atoms with Crippen molar-refractivity contribution in [2.24, 2.45) is 0 Å². The van der Waals surface area contributed by atoms with Crippen molar-refractivity contribution in [1.29, 1.82) is 5.26 Å². The Kier molecular flexibility index (Phi) is 2.39. The second kappa shape index (κ2) is 3.82. The van der Waals surface area contributed by atoms with Crippen molar-refractivity contribution in [3.63, 3.8) is 0 Å². The van der Waals surface area contributed by atoms with Gasteiger partial charge in [0.25, 0.3) is 0 Å². The van der Waals surface area contributed by atoms with Crippen LogP contribution in [-0.4, -0.2) is 23.2 Å². The minimum Gasteiger partial charge on any atom is -0.377 e. The van der Waals surface area contributed by atoms with E-state index in [-0.39, 0.29) is 0 Å². The molecule has 2 aromatic rings. The normalized spacial score (nSPS) is 17.7. The van der Waals surface area contributed by atoms with Gasteiger partial charge in [-0.15, -0.1) is 0 Å². The van der Waals surface area contributed by atoms with Gasteiger partial charge in [-0.1, -0.05) is 19.9 Å². The van der Waals surface area contributed by atoms with Crippen LogP contribution in [0, 0.1) is 11.3 Å². The smallest absolute Gasteiger partial charge is 0.129 e. The van der Waals surface area contributed by atoms with Crippen molar-refractivity contribution in [2.75, 3.05) is 13.2 Å². The number of nitrogens with zero attached hydrogens (tertiary/aromatic N) is 2. The number of aromatic amines is 1. The van der Waals surface area contributed by atoms with Gasteiger partial charge < -0.3 is 9.72 Å². The van der Waals surface area contributed by atoms with Gasteiger partial charge >= 0.3 is 0 Å². The number of nitriles is 1. The molecular formula is C14H15N3O. The van der Waals surface area contributed by atoms with E-state index in [2.05, 4.69) is 29.9 Å². The fraction of sp³-hybridized carbons (Fsp3) is 0.429. The molecule has 0 spiro atoms. The molecule has 92 valence electrons. The molecule has 1 fully saturated rings. The number of hydrogen-bond donors (Lipinski definition) is 1. The highest BCUT2D eigenvalue weighted by Gasteiger charge is 2.41. The number of rotatable bonds is 2. The molecule has 2 heterocycles. The molecule has 18 heavy (non-hydrogen) atoms. The highest BCUT2D eigenvalue weighted by molar-refractivity contribution is 5.76. The number of ether oxygens (including phenoxy) is 1. The molecule has 0 atom stereocenters. The fourth-order valence-electron chi connectivity index (χ4n) is 2.20. The van der Waals surface area contributed by atoms with E-state index in [1.165, 1.54) is 0 Å². The maximum atomic E-state index is 9.30. The molecule has 1 N–H and O–H groups in total. The summed E-state index contributed by atoms with van der Waals surface area (Å²) in [5, 5.41) is 9.30. The lowest BCUT2D eigenvalue weighted by Gasteiger charge is -2.35. The van der Waals surface area contributed by atoms with E-state index < -0.39 is 5.41 Å². The van der Waals surface area contributed by atoms with Gasteiger partial charge in [-0.25, -0.2) is 4.98 Å². The monoisotopic (exact) mass is 241 g/mol. The summed E-state index contributed by atoms with van der Waals surface area (Å²) >= 11 is 0. The van der Waals surface area contributed by atoms with Crippen molar-refractivity contribution in [2.45, 2.75) is 25.2 Å². The Bertz CT molecular complexity index is 632. The third-order valence-electron chi connectivity index (χ3n) is 3.51. The van der Waals surface area contributed by atoms with E-state index in [9.17, 15) is 5.26 Å². The predicted molar refractivity (Wildman–Crippen MR) is 68.3 cm³/mol. The van der Waals surface area contributed by atoms with Crippen molar-refractivity contribution in [3.8, 4) is 6.07 Å². The molecular weight excluding hydrogens is 226 g/mol. The predicted octanol–water partition coefficient (Wildman–Crippen LogP) is 2.48. The van der Waals surface area contributed by atoms with E-state index >= 15 is 0 Å². The molecule has 0 unspecified atom stereocenters. The van der Waals surface area contributed by atoms with E-state index in [0.29, 0.717) is 19.1 Å². The zero-order chi connectivity index (χ0) is 12.8. The van der Waals surface area contributed by atoms with Gasteiger partial charge in [0, 0.05) is 5.92 Å². The van der Waals surface area contributed by atoms with Gasteiger partial charge in [-0.05, 0) is 17.7 Å². The Morgan fingerprint density at radius 2 is 2.22 bits per heavy atom. The summed E-state index contributed by atoms with van der Waals surface area (Å²) in [6.45, 7) is 5.19. The van der Waals surface area contributed by atoms with Crippen LogP contribution in [-0.2, 0) is 10.2 Å². The van der Waals surface area contributed by atoms with Gasteiger partial charge in [0.1, 0.15) is 11.2 Å². The van der Waals surface area contributed by atoms with Crippen LogP contribution in [0.1, 0.15) is 31.2 Å². The molecule has 0 saturated carbocycles. The van der Waals surface area contributed by atoms with Crippen LogP contribution >= 0.6 is 0 Å². The third kappa shape index (κ3) is 1.52. The number of aromatic nitrogens is 2. The summed E-state index contributed by atoms with van der Waals surface area (Å²) in [5.74, 6) is 1.36. The van der Waals surface area contributed by atoms with Gasteiger partial charge in [-0.2, -0.15) is 5.26 Å². The Morgan fingerprint density at radius 3 is 2.78 bits per heavy atom. The lowest BCUT2D eigenvalue weighted by molar-refractivity contribution is -0.0297. The summed E-state index contributed by atoms with van der Waals surface area (Å²) in [6, 6.07) is 8.36. The zero-order valence-electron chi connectivity index (χ0n) is 10.5. The Balaban J connectivity index is 2.08. The van der Waals surface area contributed by atoms with E-state index in [0.717, 1.165) is 22.4 Å². The van der Waals surface area contributed by atoms with Gasteiger partial charge in [-0.3, -0.25) is 0 Å². The number of nitrogens with one attached hydrogen (secondary N) is 1. The van der Waals surface area contributed by atoms with Crippen molar-refractivity contribution in [1.82, 2.24) is 9.97 Å². The summed E-state index contributed by atoms with van der Waals surface area (Å²) in [4.78, 5) is 7.85. The minimum atomic E-state index is -0.461. The van der Waals surface area contributed by atoms with Crippen LogP contribution in [0.15, 0.2) is 18.2 Å². The number of H-pyrrole nitrogens is 1. The molecule has 4 nitrogen and oxygen atoms in total. The molecule has 1 aliphatic heterocycles. The summed E-state index contributed by atoms with van der Waals surface area (Å²) in [6.07, 6.45) is 0. The first kappa shape index (κ1) is 11.2. The van der Waals surface area contributed by atoms with E-state index in [4.69, 9.17) is 4.74 Å². The average molecular weight is 241 g/mol. The molecule has 3 rings (SSSR count). The maximum Gasteiger partial charge on any atom is 0.129 e. The molecule has 0 amide bonds. The lowest BCUT2D eigenvalue weighted by Crippen LogP contribution is -2.45. The first-order valence-corrected chi connectivity index (χ1v) is 6.14. The van der Waals surface area contributed by atoms with Gasteiger partial charge in [0.2, 0.25) is 0 Å². The summed E-state index contributed by atoms with van der Waals surface area (Å²) < 4.78 is 5.19. The Hall–Kier alpha value is -1.86. The van der Waals surface area contributed by atoms with Crippen molar-refractivity contribution in [3.05, 3.63) is 29.6 Å². The van der Waals surface area contributed by atoms with E-state index in [1.54, 1.807) is 0 Å². The second-order valence-electron chi connectivity index (χ2n) is 5.20. The average Bonchev–Trinajstić information content (AvgIpc) is 2.71. The van der Waals surface area contributed by atoms with E-state index in [1.807, 2.05) is 18.2 Å². The molecule has 0 aliphatic carbocycles. The van der Waals surface area contributed by atoms with Crippen LogP contribution < -0.4 is 0 Å². The summed E-state index contributed by atoms with van der Waals surface area (Å²) in [5.41, 5.74) is 2.51. The van der Waals surface area contributed by atoms with Crippen LogP contribution in [0.5, 0.6) is 0 Å². The number of hydrogen-bond acceptors (Lipinski definition) is 3. The molecule has 1 aromatic heterocycles. The number of fused-ring (bicyclic) bond motifs is 1. The summed E-state index contributed by atoms with van der Waals surface area (Å²) in [7, 11) is 0. The van der Waals surface area contributed by atoms with Crippen molar-refractivity contribution >= 4 is 11.0 Å². The molecule has 1 aromatic carbocycles. The maximum absolute atomic E-state index is 9.30. The zero-order valence-corrected chi connectivity index (χ0v) is 10.5. The molecule has 1 saturated heterocycles. The molecule has 0 bridgehead atoms.